The summed E-state index contributed by atoms with van der Waals surface area (Å²) in [5.41, 5.74) is 1.64. The van der Waals surface area contributed by atoms with Crippen molar-refractivity contribution >= 4 is 21.6 Å². The largest absolute Gasteiger partial charge is 0.487 e. The monoisotopic (exact) mass is 434 g/mol. The smallest absolute Gasteiger partial charge is 0.244 e. The molecule has 0 unspecified atom stereocenters. The average molecular weight is 435 g/mol. The topological polar surface area (TPSA) is 75.7 Å². The van der Waals surface area contributed by atoms with Gasteiger partial charge in [0.25, 0.3) is 0 Å². The highest BCUT2D eigenvalue weighted by Gasteiger charge is 2.37. The van der Waals surface area contributed by atoms with Crippen LogP contribution in [-0.4, -0.2) is 32.2 Å². The molecule has 0 aromatic heterocycles. The number of hydrogen-bond acceptors (Lipinski definition) is 4. The van der Waals surface area contributed by atoms with Crippen molar-refractivity contribution < 1.29 is 22.3 Å². The quantitative estimate of drug-likeness (QED) is 0.779. The summed E-state index contributed by atoms with van der Waals surface area (Å²) in [5, 5.41) is 2.98. The molecule has 0 aliphatic carbocycles. The third kappa shape index (κ3) is 4.75. The van der Waals surface area contributed by atoms with Gasteiger partial charge in [0, 0.05) is 12.0 Å². The molecule has 6 nitrogen and oxygen atoms in total. The predicted molar refractivity (Wildman–Crippen MR) is 115 cm³/mol. The number of benzene rings is 2. The number of nitrogens with zero attached hydrogens (tertiary/aromatic N) is 1. The van der Waals surface area contributed by atoms with E-state index in [0.29, 0.717) is 12.2 Å². The molecule has 0 radical (unpaired) electrons. The first-order chi connectivity index (χ1) is 13.9. The maximum atomic E-state index is 13.3. The fraction of sp³-hybridized carbons (Fsp3) is 0.409. The van der Waals surface area contributed by atoms with Gasteiger partial charge in [0.05, 0.1) is 18.0 Å². The Morgan fingerprint density at radius 2 is 1.87 bits per heavy atom. The van der Waals surface area contributed by atoms with Crippen LogP contribution in [0.5, 0.6) is 5.75 Å². The first-order valence-corrected chi connectivity index (χ1v) is 11.6. The van der Waals surface area contributed by atoms with Gasteiger partial charge in [0.1, 0.15) is 23.2 Å². The van der Waals surface area contributed by atoms with Crippen LogP contribution in [0.15, 0.2) is 42.5 Å². The standard InChI is InChI=1S/C22H27FN2O4S/c1-14-6-11-18-19(13-22(3,4)29-20(18)12-14)24-21(26)15(2)25(30(5,27)28)17-9-7-16(23)8-10-17/h6-12,15,19H,13H2,1-5H3,(H,24,26)/t15-,19+/m0/s1. The number of anilines is 1. The molecule has 1 aliphatic rings. The number of nitrogens with one attached hydrogen (secondary N) is 1. The van der Waals surface area contributed by atoms with Crippen LogP contribution in [-0.2, 0) is 14.8 Å². The SMILES string of the molecule is Cc1ccc2c(c1)OC(C)(C)C[C@H]2NC(=O)[C@H](C)N(c1ccc(F)cc1)S(C)(=O)=O. The van der Waals surface area contributed by atoms with Gasteiger partial charge < -0.3 is 10.1 Å². The molecular weight excluding hydrogens is 407 g/mol. The molecule has 0 saturated carbocycles. The van der Waals surface area contributed by atoms with Crippen LogP contribution >= 0.6 is 0 Å². The van der Waals surface area contributed by atoms with Crippen molar-refractivity contribution in [2.24, 2.45) is 0 Å². The number of ether oxygens (including phenoxy) is 1. The number of fused-ring (bicyclic) bond motifs is 1. The highest BCUT2D eigenvalue weighted by atomic mass is 32.2. The minimum atomic E-state index is -3.78. The number of hydrogen-bond donors (Lipinski definition) is 1. The summed E-state index contributed by atoms with van der Waals surface area (Å²) >= 11 is 0. The van der Waals surface area contributed by atoms with E-state index >= 15 is 0 Å². The van der Waals surface area contributed by atoms with E-state index in [2.05, 4.69) is 5.32 Å². The Labute approximate surface area is 177 Å². The molecular formula is C22H27FN2O4S. The van der Waals surface area contributed by atoms with E-state index in [0.717, 1.165) is 33.8 Å². The summed E-state index contributed by atoms with van der Waals surface area (Å²) in [4.78, 5) is 13.1. The van der Waals surface area contributed by atoms with E-state index in [1.165, 1.54) is 19.1 Å². The zero-order valence-corrected chi connectivity index (χ0v) is 18.6. The molecule has 0 saturated heterocycles. The zero-order valence-electron chi connectivity index (χ0n) is 17.8. The summed E-state index contributed by atoms with van der Waals surface area (Å²) < 4.78 is 45.2. The van der Waals surface area contributed by atoms with E-state index in [9.17, 15) is 17.6 Å². The van der Waals surface area contributed by atoms with Crippen LogP contribution in [0.1, 0.15) is 44.4 Å². The van der Waals surface area contributed by atoms with Crippen molar-refractivity contribution in [2.75, 3.05) is 10.6 Å². The van der Waals surface area contributed by atoms with Crippen molar-refractivity contribution in [3.63, 3.8) is 0 Å². The number of amides is 1. The lowest BCUT2D eigenvalue weighted by Crippen LogP contribution is -2.50. The molecule has 1 aliphatic heterocycles. The third-order valence-electron chi connectivity index (χ3n) is 5.11. The van der Waals surface area contributed by atoms with Gasteiger partial charge in [-0.05, 0) is 63.6 Å². The number of rotatable bonds is 5. The molecule has 1 N–H and O–H groups in total. The normalized spacial score (nSPS) is 18.7. The molecule has 2 aromatic carbocycles. The van der Waals surface area contributed by atoms with E-state index in [4.69, 9.17) is 4.74 Å². The number of carbonyl (C=O) groups excluding carboxylic acids is 1. The molecule has 1 amide bonds. The Kier molecular flexibility index (Phi) is 5.82. The zero-order chi connectivity index (χ0) is 22.3. The van der Waals surface area contributed by atoms with Crippen molar-refractivity contribution in [2.45, 2.75) is 51.8 Å². The Bertz CT molecular complexity index is 1050. The van der Waals surface area contributed by atoms with Crippen molar-refractivity contribution in [3.05, 3.63) is 59.4 Å². The van der Waals surface area contributed by atoms with Crippen LogP contribution in [0.2, 0.25) is 0 Å². The van der Waals surface area contributed by atoms with Gasteiger partial charge in [-0.1, -0.05) is 12.1 Å². The van der Waals surface area contributed by atoms with Gasteiger partial charge in [0.15, 0.2) is 0 Å². The summed E-state index contributed by atoms with van der Waals surface area (Å²) in [6.45, 7) is 7.37. The van der Waals surface area contributed by atoms with Crippen LogP contribution in [0.3, 0.4) is 0 Å². The Balaban J connectivity index is 1.89. The van der Waals surface area contributed by atoms with Gasteiger partial charge >= 0.3 is 0 Å². The van der Waals surface area contributed by atoms with Gasteiger partial charge in [-0.2, -0.15) is 0 Å². The van der Waals surface area contributed by atoms with Crippen LogP contribution < -0.4 is 14.4 Å². The maximum absolute atomic E-state index is 13.3. The van der Waals surface area contributed by atoms with E-state index in [1.807, 2.05) is 39.0 Å². The summed E-state index contributed by atoms with van der Waals surface area (Å²) in [7, 11) is -3.78. The molecule has 0 fully saturated rings. The number of halogens is 1. The fourth-order valence-electron chi connectivity index (χ4n) is 3.78. The summed E-state index contributed by atoms with van der Waals surface area (Å²) in [5.74, 6) is -0.220. The molecule has 0 bridgehead atoms. The number of aryl methyl sites for hydroxylation is 1. The second-order valence-electron chi connectivity index (χ2n) is 8.38. The maximum Gasteiger partial charge on any atom is 0.244 e. The molecule has 30 heavy (non-hydrogen) atoms. The first kappa shape index (κ1) is 22.1. The third-order valence-corrected chi connectivity index (χ3v) is 6.35. The lowest BCUT2D eigenvalue weighted by Gasteiger charge is -2.39. The molecule has 0 spiro atoms. The van der Waals surface area contributed by atoms with Gasteiger partial charge in [-0.3, -0.25) is 9.10 Å². The van der Waals surface area contributed by atoms with Gasteiger partial charge in [-0.25, -0.2) is 12.8 Å². The average Bonchev–Trinajstić information content (AvgIpc) is 2.61. The highest BCUT2D eigenvalue weighted by molar-refractivity contribution is 7.92. The predicted octanol–water partition coefficient (Wildman–Crippen LogP) is 3.71. The second-order valence-corrected chi connectivity index (χ2v) is 10.2. The molecule has 2 aromatic rings. The van der Waals surface area contributed by atoms with Crippen LogP contribution in [0.25, 0.3) is 0 Å². The molecule has 3 rings (SSSR count). The van der Waals surface area contributed by atoms with E-state index in [-0.39, 0.29) is 11.7 Å². The number of carbonyl (C=O) groups is 1. The Hall–Kier alpha value is -2.61. The lowest BCUT2D eigenvalue weighted by atomic mass is 9.89. The van der Waals surface area contributed by atoms with E-state index in [1.54, 1.807) is 0 Å². The van der Waals surface area contributed by atoms with Crippen molar-refractivity contribution in [3.8, 4) is 5.75 Å². The Morgan fingerprint density at radius 3 is 2.47 bits per heavy atom. The summed E-state index contributed by atoms with van der Waals surface area (Å²) in [6, 6.07) is 9.47. The first-order valence-electron chi connectivity index (χ1n) is 9.72. The number of sulfonamides is 1. The fourth-order valence-corrected chi connectivity index (χ4v) is 4.95. The minimum absolute atomic E-state index is 0.227. The van der Waals surface area contributed by atoms with Crippen molar-refractivity contribution in [1.82, 2.24) is 5.32 Å². The minimum Gasteiger partial charge on any atom is -0.487 e. The van der Waals surface area contributed by atoms with Gasteiger partial charge in [0.2, 0.25) is 15.9 Å². The summed E-state index contributed by atoms with van der Waals surface area (Å²) in [6.07, 6.45) is 1.56. The molecule has 162 valence electrons. The van der Waals surface area contributed by atoms with Gasteiger partial charge in [-0.15, -0.1) is 0 Å². The van der Waals surface area contributed by atoms with Crippen LogP contribution in [0, 0.1) is 12.7 Å². The lowest BCUT2D eigenvalue weighted by molar-refractivity contribution is -0.123. The molecule has 8 heteroatoms. The molecule has 2 atom stereocenters. The molecule has 1 heterocycles. The van der Waals surface area contributed by atoms with E-state index < -0.39 is 33.4 Å². The van der Waals surface area contributed by atoms with Crippen LogP contribution in [0.4, 0.5) is 10.1 Å². The highest BCUT2D eigenvalue weighted by Crippen LogP contribution is 2.40. The Morgan fingerprint density at radius 1 is 1.23 bits per heavy atom. The second kappa shape index (κ2) is 7.91. The van der Waals surface area contributed by atoms with Crippen molar-refractivity contribution in [1.29, 1.82) is 0 Å².